The molecule has 150 valence electrons. The molecule has 0 saturated carbocycles. The fraction of sp³-hybridized carbons (Fsp3) is 0.750. The van der Waals surface area contributed by atoms with E-state index >= 15 is 0 Å². The number of nitrogens with one attached hydrogen (secondary N) is 1. The number of nitrogens with zero attached hydrogens (tertiary/aromatic N) is 1. The van der Waals surface area contributed by atoms with Gasteiger partial charge in [-0.05, 0) is 32.1 Å². The second kappa shape index (κ2) is 16.6. The lowest BCUT2D eigenvalue weighted by Gasteiger charge is -2.14. The molecule has 0 aliphatic carbocycles. The molecule has 0 spiro atoms. The van der Waals surface area contributed by atoms with Crippen LogP contribution < -0.4 is 5.73 Å². The fourth-order valence-corrected chi connectivity index (χ4v) is 2.48. The second-order valence-electron chi connectivity index (χ2n) is 6.71. The van der Waals surface area contributed by atoms with Crippen LogP contribution in [0.1, 0.15) is 84.0 Å². The van der Waals surface area contributed by atoms with Gasteiger partial charge in [-0.15, -0.1) is 0 Å². The van der Waals surface area contributed by atoms with Crippen molar-refractivity contribution >= 4 is 17.9 Å². The molecule has 3 N–H and O–H groups in total. The molecular formula is C20H37N3O3. The molecule has 0 aromatic rings. The molecule has 0 fully saturated rings. The van der Waals surface area contributed by atoms with Crippen molar-refractivity contribution in [2.75, 3.05) is 13.6 Å². The number of esters is 2. The Morgan fingerprint density at radius 1 is 0.923 bits per heavy atom. The number of hydrogen-bond acceptors (Lipinski definition) is 4. The summed E-state index contributed by atoms with van der Waals surface area (Å²) in [5.74, 6) is -1.41. The molecule has 0 aliphatic rings. The van der Waals surface area contributed by atoms with E-state index in [0.29, 0.717) is 0 Å². The molecule has 0 aromatic carbocycles. The lowest BCUT2D eigenvalue weighted by molar-refractivity contribution is -0.159. The van der Waals surface area contributed by atoms with Crippen molar-refractivity contribution in [3.8, 4) is 0 Å². The SMILES string of the molecule is CCCCCC/C=C/CCCCCCCC(=O)OC(=O)CN(C)C(=N)N. The van der Waals surface area contributed by atoms with Crippen molar-refractivity contribution in [3.63, 3.8) is 0 Å². The summed E-state index contributed by atoms with van der Waals surface area (Å²) >= 11 is 0. The molecule has 0 atom stereocenters. The van der Waals surface area contributed by atoms with E-state index in [2.05, 4.69) is 19.1 Å². The maximum atomic E-state index is 11.6. The molecule has 0 amide bonds. The summed E-state index contributed by atoms with van der Waals surface area (Å²) in [6.45, 7) is 2.04. The van der Waals surface area contributed by atoms with E-state index < -0.39 is 11.9 Å². The normalized spacial score (nSPS) is 10.8. The summed E-state index contributed by atoms with van der Waals surface area (Å²) < 4.78 is 4.70. The maximum absolute atomic E-state index is 11.6. The van der Waals surface area contributed by atoms with Crippen LogP contribution in [0, 0.1) is 5.41 Å². The number of unbranched alkanes of at least 4 members (excludes halogenated alkanes) is 9. The van der Waals surface area contributed by atoms with Crippen LogP contribution in [0.2, 0.25) is 0 Å². The van der Waals surface area contributed by atoms with Gasteiger partial charge in [-0.25, -0.2) is 4.79 Å². The van der Waals surface area contributed by atoms with Crippen LogP contribution >= 0.6 is 0 Å². The minimum atomic E-state index is -0.672. The Labute approximate surface area is 158 Å². The number of guanidine groups is 1. The van der Waals surface area contributed by atoms with Crippen molar-refractivity contribution in [3.05, 3.63) is 12.2 Å². The topological polar surface area (TPSA) is 96.5 Å². The zero-order chi connectivity index (χ0) is 19.6. The lowest BCUT2D eigenvalue weighted by atomic mass is 10.1. The largest absolute Gasteiger partial charge is 0.392 e. The molecular weight excluding hydrogens is 330 g/mol. The van der Waals surface area contributed by atoms with Gasteiger partial charge in [0.25, 0.3) is 0 Å². The number of ether oxygens (including phenoxy) is 1. The van der Waals surface area contributed by atoms with Crippen molar-refractivity contribution < 1.29 is 14.3 Å². The second-order valence-corrected chi connectivity index (χ2v) is 6.71. The number of likely N-dealkylation sites (N-methyl/N-ethyl adjacent to an activating group) is 1. The zero-order valence-electron chi connectivity index (χ0n) is 16.6. The molecule has 0 radical (unpaired) electrons. The van der Waals surface area contributed by atoms with Gasteiger partial charge in [-0.3, -0.25) is 10.2 Å². The average molecular weight is 368 g/mol. The first kappa shape index (κ1) is 24.1. The quantitative estimate of drug-likeness (QED) is 0.113. The Morgan fingerprint density at radius 3 is 2.04 bits per heavy atom. The monoisotopic (exact) mass is 367 g/mol. The van der Waals surface area contributed by atoms with E-state index in [4.69, 9.17) is 15.9 Å². The van der Waals surface area contributed by atoms with Gasteiger partial charge in [0.1, 0.15) is 6.54 Å². The Balaban J connectivity index is 3.46. The van der Waals surface area contributed by atoms with Crippen molar-refractivity contribution in [2.45, 2.75) is 84.0 Å². The van der Waals surface area contributed by atoms with Gasteiger partial charge in [0, 0.05) is 13.5 Å². The van der Waals surface area contributed by atoms with Crippen molar-refractivity contribution in [2.24, 2.45) is 5.73 Å². The molecule has 0 bridgehead atoms. The molecule has 0 aliphatic heterocycles. The third-order valence-electron chi connectivity index (χ3n) is 4.15. The summed E-state index contributed by atoms with van der Waals surface area (Å²) in [7, 11) is 1.50. The number of carbonyl (C=O) groups is 2. The first-order valence-corrected chi connectivity index (χ1v) is 9.91. The molecule has 0 unspecified atom stereocenters. The summed E-state index contributed by atoms with van der Waals surface area (Å²) in [5.41, 5.74) is 5.22. The van der Waals surface area contributed by atoms with Crippen LogP contribution in [0.3, 0.4) is 0 Å². The number of nitrogens with two attached hydrogens (primary N) is 1. The minimum Gasteiger partial charge on any atom is -0.392 e. The minimum absolute atomic E-state index is 0.187. The predicted molar refractivity (Wildman–Crippen MR) is 106 cm³/mol. The highest BCUT2D eigenvalue weighted by Gasteiger charge is 2.13. The third kappa shape index (κ3) is 15.7. The van der Waals surface area contributed by atoms with Gasteiger partial charge >= 0.3 is 11.9 Å². The summed E-state index contributed by atoms with van der Waals surface area (Å²) in [6, 6.07) is 0. The Bertz CT molecular complexity index is 436. The summed E-state index contributed by atoms with van der Waals surface area (Å²) in [6.07, 6.45) is 17.6. The highest BCUT2D eigenvalue weighted by Crippen LogP contribution is 2.09. The number of hydrogen-bond donors (Lipinski definition) is 2. The van der Waals surface area contributed by atoms with E-state index in [1.807, 2.05) is 0 Å². The van der Waals surface area contributed by atoms with Crippen LogP contribution in [0.15, 0.2) is 12.2 Å². The summed E-state index contributed by atoms with van der Waals surface area (Å²) in [4.78, 5) is 24.2. The third-order valence-corrected chi connectivity index (χ3v) is 4.15. The van der Waals surface area contributed by atoms with E-state index in [1.165, 1.54) is 50.5 Å². The van der Waals surface area contributed by atoms with Crippen molar-refractivity contribution in [1.82, 2.24) is 4.90 Å². The number of carbonyl (C=O) groups excluding carboxylic acids is 2. The Hall–Kier alpha value is -1.85. The number of rotatable bonds is 15. The molecule has 0 saturated heterocycles. The Kier molecular flexibility index (Phi) is 15.4. The smallest absolute Gasteiger partial charge is 0.333 e. The molecule has 0 aromatic heterocycles. The van der Waals surface area contributed by atoms with Gasteiger partial charge in [-0.2, -0.15) is 0 Å². The van der Waals surface area contributed by atoms with E-state index in [1.54, 1.807) is 0 Å². The Morgan fingerprint density at radius 2 is 1.46 bits per heavy atom. The van der Waals surface area contributed by atoms with Gasteiger partial charge < -0.3 is 15.4 Å². The predicted octanol–water partition coefficient (Wildman–Crippen LogP) is 4.14. The van der Waals surface area contributed by atoms with Gasteiger partial charge in [0.2, 0.25) is 0 Å². The van der Waals surface area contributed by atoms with Crippen LogP contribution in [-0.2, 0) is 14.3 Å². The molecule has 6 heteroatoms. The van der Waals surface area contributed by atoms with Crippen LogP contribution in [0.5, 0.6) is 0 Å². The van der Waals surface area contributed by atoms with E-state index in [0.717, 1.165) is 32.1 Å². The zero-order valence-corrected chi connectivity index (χ0v) is 16.6. The lowest BCUT2D eigenvalue weighted by Crippen LogP contribution is -2.37. The first-order chi connectivity index (χ1) is 12.5. The van der Waals surface area contributed by atoms with Gasteiger partial charge in [-0.1, -0.05) is 57.6 Å². The average Bonchev–Trinajstić information content (AvgIpc) is 2.58. The highest BCUT2D eigenvalue weighted by atomic mass is 16.6. The fourth-order valence-electron chi connectivity index (χ4n) is 2.48. The maximum Gasteiger partial charge on any atom is 0.333 e. The van der Waals surface area contributed by atoms with Crippen LogP contribution in [0.25, 0.3) is 0 Å². The van der Waals surface area contributed by atoms with Crippen molar-refractivity contribution in [1.29, 1.82) is 5.41 Å². The molecule has 0 rings (SSSR count). The summed E-state index contributed by atoms with van der Waals surface area (Å²) in [5, 5.41) is 7.15. The van der Waals surface area contributed by atoms with E-state index in [-0.39, 0.29) is 18.9 Å². The van der Waals surface area contributed by atoms with Gasteiger partial charge in [0.15, 0.2) is 5.96 Å². The standard InChI is InChI=1S/C20H37N3O3/c1-3-4-5-6-7-8-9-10-11-12-13-14-15-16-18(24)26-19(25)17-23(2)20(21)22/h8-9H,3-7,10-17H2,1-2H3,(H3,21,22)/b9-8+. The van der Waals surface area contributed by atoms with Crippen LogP contribution in [0.4, 0.5) is 0 Å². The molecule has 0 heterocycles. The molecule has 6 nitrogen and oxygen atoms in total. The van der Waals surface area contributed by atoms with Crippen LogP contribution in [-0.4, -0.2) is 36.4 Å². The first-order valence-electron chi connectivity index (χ1n) is 9.91. The number of allylic oxidation sites excluding steroid dienone is 2. The molecule has 26 heavy (non-hydrogen) atoms. The highest BCUT2D eigenvalue weighted by molar-refractivity contribution is 5.88. The van der Waals surface area contributed by atoms with Gasteiger partial charge in [0.05, 0.1) is 0 Å². The van der Waals surface area contributed by atoms with E-state index in [9.17, 15) is 9.59 Å².